The van der Waals surface area contributed by atoms with Gasteiger partial charge in [0.15, 0.2) is 0 Å². The fourth-order valence-electron chi connectivity index (χ4n) is 5.36. The first kappa shape index (κ1) is 25.0. The van der Waals surface area contributed by atoms with E-state index in [1.807, 2.05) is 49.6 Å². The lowest BCUT2D eigenvalue weighted by molar-refractivity contribution is -0.164. The molecular weight excluding hydrogens is 482 g/mol. The highest BCUT2D eigenvalue weighted by molar-refractivity contribution is 6.33. The van der Waals surface area contributed by atoms with Gasteiger partial charge in [-0.3, -0.25) is 19.5 Å². The van der Waals surface area contributed by atoms with Crippen molar-refractivity contribution < 1.29 is 19.1 Å². The highest BCUT2D eigenvalue weighted by atomic mass is 35.5. The molecule has 2 fully saturated rings. The number of nitrogens with one attached hydrogen (secondary N) is 2. The highest BCUT2D eigenvalue weighted by Gasteiger charge is 2.38. The second kappa shape index (κ2) is 9.63. The molecule has 10 heteroatoms. The molecule has 1 aromatic carbocycles. The first-order chi connectivity index (χ1) is 17.1. The Morgan fingerprint density at radius 3 is 2.69 bits per heavy atom. The number of amides is 2. The minimum atomic E-state index is -0.746. The second-order valence-electron chi connectivity index (χ2n) is 10.5. The number of rotatable bonds is 4. The van der Waals surface area contributed by atoms with Crippen LogP contribution < -0.4 is 5.32 Å². The number of morpholine rings is 2. The number of fused-ring (bicyclic) bond motifs is 3. The highest BCUT2D eigenvalue weighted by Crippen LogP contribution is 2.33. The standard InChI is InChI=1S/C26H32ClN5O4/c1-15-10-32(11-16(2)35-15)23(33)13-31-12-22(36-26(3,4)14-31)25(34)30-20-8-17(27)7-19-18-5-6-28-9-21(18)29-24(19)20/h5-9,15-16,22,29H,10-14H2,1-4H3,(H,30,34). The van der Waals surface area contributed by atoms with Crippen molar-refractivity contribution in [1.29, 1.82) is 0 Å². The van der Waals surface area contributed by atoms with Crippen LogP contribution in [0.5, 0.6) is 0 Å². The maximum Gasteiger partial charge on any atom is 0.254 e. The van der Waals surface area contributed by atoms with Gasteiger partial charge in [-0.25, -0.2) is 0 Å². The molecule has 2 N–H and O–H groups in total. The summed E-state index contributed by atoms with van der Waals surface area (Å²) in [4.78, 5) is 37.8. The first-order valence-corrected chi connectivity index (χ1v) is 12.6. The van der Waals surface area contributed by atoms with Crippen LogP contribution in [0.4, 0.5) is 5.69 Å². The smallest absolute Gasteiger partial charge is 0.254 e. The number of pyridine rings is 1. The van der Waals surface area contributed by atoms with E-state index in [-0.39, 0.29) is 30.6 Å². The van der Waals surface area contributed by atoms with E-state index >= 15 is 0 Å². The van der Waals surface area contributed by atoms with Crippen LogP contribution in [0, 0.1) is 0 Å². The van der Waals surface area contributed by atoms with E-state index in [9.17, 15) is 9.59 Å². The van der Waals surface area contributed by atoms with Gasteiger partial charge in [-0.15, -0.1) is 0 Å². The van der Waals surface area contributed by atoms with Gasteiger partial charge in [0.05, 0.1) is 47.3 Å². The largest absolute Gasteiger partial charge is 0.372 e. The molecule has 2 saturated heterocycles. The van der Waals surface area contributed by atoms with Gasteiger partial charge in [-0.05, 0) is 45.9 Å². The van der Waals surface area contributed by atoms with Crippen molar-refractivity contribution in [1.82, 2.24) is 19.8 Å². The van der Waals surface area contributed by atoms with Gasteiger partial charge in [0, 0.05) is 48.2 Å². The lowest BCUT2D eigenvalue weighted by Crippen LogP contribution is -2.59. The van der Waals surface area contributed by atoms with Crippen molar-refractivity contribution in [3.05, 3.63) is 35.6 Å². The number of ether oxygens (including phenoxy) is 2. The van der Waals surface area contributed by atoms with E-state index in [0.717, 1.165) is 21.8 Å². The molecule has 0 aliphatic carbocycles. The molecule has 3 atom stereocenters. The average Bonchev–Trinajstić information content (AvgIpc) is 3.16. The van der Waals surface area contributed by atoms with E-state index in [4.69, 9.17) is 21.1 Å². The van der Waals surface area contributed by atoms with E-state index < -0.39 is 11.7 Å². The summed E-state index contributed by atoms with van der Waals surface area (Å²) in [5, 5.41) is 5.40. The summed E-state index contributed by atoms with van der Waals surface area (Å²) in [6.45, 7) is 10.1. The summed E-state index contributed by atoms with van der Waals surface area (Å²) in [6.07, 6.45) is 2.73. The minimum absolute atomic E-state index is 0.00677. The Hall–Kier alpha value is -2.72. The predicted octanol–water partition coefficient (Wildman–Crippen LogP) is 3.42. The van der Waals surface area contributed by atoms with Crippen molar-refractivity contribution in [2.75, 3.05) is 38.0 Å². The minimum Gasteiger partial charge on any atom is -0.372 e. The number of nitrogens with zero attached hydrogens (tertiary/aromatic N) is 3. The molecule has 9 nitrogen and oxygen atoms in total. The quantitative estimate of drug-likeness (QED) is 0.554. The van der Waals surface area contributed by atoms with Crippen molar-refractivity contribution in [2.45, 2.75) is 51.6 Å². The second-order valence-corrected chi connectivity index (χ2v) is 10.9. The van der Waals surface area contributed by atoms with Gasteiger partial charge in [0.1, 0.15) is 6.10 Å². The summed E-state index contributed by atoms with van der Waals surface area (Å²) in [5.41, 5.74) is 1.61. The molecule has 3 unspecified atom stereocenters. The summed E-state index contributed by atoms with van der Waals surface area (Å²) in [5.74, 6) is -0.244. The Bertz CT molecular complexity index is 1300. The van der Waals surface area contributed by atoms with Crippen molar-refractivity contribution in [2.24, 2.45) is 0 Å². The first-order valence-electron chi connectivity index (χ1n) is 12.3. The molecule has 0 spiro atoms. The number of aromatic amines is 1. The summed E-state index contributed by atoms with van der Waals surface area (Å²) in [7, 11) is 0. The maximum absolute atomic E-state index is 13.4. The molecule has 4 heterocycles. The number of benzene rings is 1. The Morgan fingerprint density at radius 2 is 1.94 bits per heavy atom. The molecule has 0 saturated carbocycles. The van der Waals surface area contributed by atoms with E-state index in [2.05, 4.69) is 15.3 Å². The topological polar surface area (TPSA) is 99.8 Å². The van der Waals surface area contributed by atoms with Crippen LogP contribution >= 0.6 is 11.6 Å². The molecule has 2 amide bonds. The molecule has 0 radical (unpaired) electrons. The van der Waals surface area contributed by atoms with E-state index in [1.165, 1.54) is 0 Å². The number of halogens is 1. The summed E-state index contributed by atoms with van der Waals surface area (Å²) < 4.78 is 11.9. The maximum atomic E-state index is 13.4. The van der Waals surface area contributed by atoms with Crippen LogP contribution in [-0.4, -0.2) is 88.2 Å². The summed E-state index contributed by atoms with van der Waals surface area (Å²) >= 11 is 6.40. The number of hydrogen-bond donors (Lipinski definition) is 2. The molecular formula is C26H32ClN5O4. The van der Waals surface area contributed by atoms with E-state index in [1.54, 1.807) is 18.5 Å². The lowest BCUT2D eigenvalue weighted by atomic mass is 10.0. The van der Waals surface area contributed by atoms with Crippen LogP contribution in [-0.2, 0) is 19.1 Å². The number of anilines is 1. The predicted molar refractivity (Wildman–Crippen MR) is 139 cm³/mol. The van der Waals surface area contributed by atoms with Gasteiger partial charge in [-0.2, -0.15) is 0 Å². The molecule has 3 aromatic rings. The third kappa shape index (κ3) is 5.20. The number of aromatic nitrogens is 2. The molecule has 2 aliphatic heterocycles. The van der Waals surface area contributed by atoms with Crippen LogP contribution in [0.15, 0.2) is 30.6 Å². The average molecular weight is 514 g/mol. The monoisotopic (exact) mass is 513 g/mol. The van der Waals surface area contributed by atoms with Crippen molar-refractivity contribution in [3.8, 4) is 0 Å². The normalized spacial score (nSPS) is 24.8. The Morgan fingerprint density at radius 1 is 1.19 bits per heavy atom. The fourth-order valence-corrected chi connectivity index (χ4v) is 5.57. The SMILES string of the molecule is CC1CN(C(=O)CN2CC(C(=O)Nc3cc(Cl)cc4c3[nH]c3cnccc34)OC(C)(C)C2)CC(C)O1. The van der Waals surface area contributed by atoms with Crippen LogP contribution in [0.1, 0.15) is 27.7 Å². The lowest BCUT2D eigenvalue weighted by Gasteiger charge is -2.43. The molecule has 2 aliphatic rings. The van der Waals surface area contributed by atoms with Crippen molar-refractivity contribution in [3.63, 3.8) is 0 Å². The summed E-state index contributed by atoms with van der Waals surface area (Å²) in [6, 6.07) is 5.50. The molecule has 5 rings (SSSR count). The fraction of sp³-hybridized carbons (Fsp3) is 0.500. The zero-order chi connectivity index (χ0) is 25.6. The third-order valence-corrected chi connectivity index (χ3v) is 6.86. The number of carbonyl (C=O) groups is 2. The number of hydrogen-bond acceptors (Lipinski definition) is 6. The van der Waals surface area contributed by atoms with Crippen LogP contribution in [0.3, 0.4) is 0 Å². The molecule has 0 bridgehead atoms. The van der Waals surface area contributed by atoms with Gasteiger partial charge in [-0.1, -0.05) is 11.6 Å². The van der Waals surface area contributed by atoms with Gasteiger partial charge in [0.25, 0.3) is 5.91 Å². The van der Waals surface area contributed by atoms with Gasteiger partial charge >= 0.3 is 0 Å². The number of carbonyl (C=O) groups excluding carboxylic acids is 2. The Balaban J connectivity index is 1.33. The third-order valence-electron chi connectivity index (χ3n) is 6.65. The molecule has 36 heavy (non-hydrogen) atoms. The molecule has 2 aromatic heterocycles. The number of H-pyrrole nitrogens is 1. The van der Waals surface area contributed by atoms with Crippen LogP contribution in [0.2, 0.25) is 5.02 Å². The molecule has 192 valence electrons. The van der Waals surface area contributed by atoms with Gasteiger partial charge in [0.2, 0.25) is 5.91 Å². The van der Waals surface area contributed by atoms with E-state index in [0.29, 0.717) is 36.9 Å². The van der Waals surface area contributed by atoms with Crippen LogP contribution in [0.25, 0.3) is 21.8 Å². The Kier molecular flexibility index (Phi) is 6.67. The zero-order valence-electron chi connectivity index (χ0n) is 21.0. The zero-order valence-corrected chi connectivity index (χ0v) is 21.8. The Labute approximate surface area is 215 Å². The van der Waals surface area contributed by atoms with Crippen molar-refractivity contribution >= 4 is 50.9 Å². The van der Waals surface area contributed by atoms with Gasteiger partial charge < -0.3 is 24.7 Å².